The van der Waals surface area contributed by atoms with Gasteiger partial charge < -0.3 is 0 Å². The summed E-state index contributed by atoms with van der Waals surface area (Å²) >= 11 is 0. The summed E-state index contributed by atoms with van der Waals surface area (Å²) in [4.78, 5) is 0. The van der Waals surface area contributed by atoms with E-state index < -0.39 is 0 Å². The van der Waals surface area contributed by atoms with E-state index in [2.05, 4.69) is 37.3 Å². The maximum absolute atomic E-state index is 6.23. The number of hydrogen-bond acceptors (Lipinski definition) is 0. The van der Waals surface area contributed by atoms with Gasteiger partial charge in [-0.15, -0.1) is 0 Å². The molecule has 0 aromatic heterocycles. The number of fused-ring (bicyclic) bond motifs is 1. The number of allylic oxidation sites excluding steroid dienone is 4. The number of benzene rings is 2. The van der Waals surface area contributed by atoms with Gasteiger partial charge in [-0.3, -0.25) is 0 Å². The van der Waals surface area contributed by atoms with Crippen molar-refractivity contribution in [3.8, 4) is 0 Å². The second-order valence-corrected chi connectivity index (χ2v) is 5.46. The van der Waals surface area contributed by atoms with Crippen molar-refractivity contribution in [3.05, 3.63) is 65.3 Å². The van der Waals surface area contributed by atoms with E-state index in [0.717, 1.165) is 39.3 Å². The monoisotopic (exact) mass is 282 g/mol. The van der Waals surface area contributed by atoms with Crippen molar-refractivity contribution >= 4 is 43.5 Å². The molecule has 4 radical (unpaired) electrons. The molecule has 2 aromatic rings. The summed E-state index contributed by atoms with van der Waals surface area (Å²) in [6.45, 7) is 6.10. The van der Waals surface area contributed by atoms with Crippen molar-refractivity contribution < 1.29 is 0 Å². The van der Waals surface area contributed by atoms with Gasteiger partial charge in [0.05, 0.1) is 0 Å². The van der Waals surface area contributed by atoms with Gasteiger partial charge in [-0.1, -0.05) is 53.4 Å². The van der Waals surface area contributed by atoms with Crippen molar-refractivity contribution in [1.82, 2.24) is 0 Å². The summed E-state index contributed by atoms with van der Waals surface area (Å²) in [5.41, 5.74) is 4.93. The van der Waals surface area contributed by atoms with Crippen LogP contribution in [-0.4, -0.2) is 15.7 Å². The Morgan fingerprint density at radius 2 is 1.86 bits per heavy atom. The van der Waals surface area contributed by atoms with E-state index in [4.69, 9.17) is 15.7 Å². The Morgan fingerprint density at radius 1 is 1.09 bits per heavy atom. The minimum absolute atomic E-state index is 0.785. The van der Waals surface area contributed by atoms with E-state index in [1.807, 2.05) is 38.1 Å². The first kappa shape index (κ1) is 16.4. The second kappa shape index (κ2) is 7.35. The molecule has 0 nitrogen and oxygen atoms in total. The summed E-state index contributed by atoms with van der Waals surface area (Å²) in [6, 6.07) is 8.41. The zero-order valence-corrected chi connectivity index (χ0v) is 13.6. The summed E-state index contributed by atoms with van der Waals surface area (Å²) in [5, 5.41) is 2.20. The molecule has 2 heteroatoms. The van der Waals surface area contributed by atoms with E-state index in [1.54, 1.807) is 0 Å². The van der Waals surface area contributed by atoms with Gasteiger partial charge in [0, 0.05) is 0 Å². The van der Waals surface area contributed by atoms with Crippen LogP contribution in [0.15, 0.2) is 48.6 Å². The largest absolute Gasteiger partial charge is 0.114 e. The van der Waals surface area contributed by atoms with Gasteiger partial charge in [0.2, 0.25) is 0 Å². The molecular weight excluding hydrogens is 262 g/mol. The number of rotatable bonds is 4. The van der Waals surface area contributed by atoms with E-state index in [9.17, 15) is 0 Å². The highest BCUT2D eigenvalue weighted by Crippen LogP contribution is 2.24. The van der Waals surface area contributed by atoms with Crippen LogP contribution in [0, 0.1) is 6.92 Å². The van der Waals surface area contributed by atoms with Crippen LogP contribution < -0.4 is 5.46 Å². The van der Waals surface area contributed by atoms with E-state index >= 15 is 0 Å². The topological polar surface area (TPSA) is 0 Å². The molecule has 0 aliphatic rings. The second-order valence-electron chi connectivity index (χ2n) is 5.46. The lowest BCUT2D eigenvalue weighted by Crippen LogP contribution is -2.05. The van der Waals surface area contributed by atoms with Crippen molar-refractivity contribution in [1.29, 1.82) is 0 Å². The highest BCUT2D eigenvalue weighted by atomic mass is 14.1. The molecule has 0 atom stereocenters. The maximum Gasteiger partial charge on any atom is 0.114 e. The predicted octanol–water partition coefficient (Wildman–Crippen LogP) is 4.45. The van der Waals surface area contributed by atoms with Crippen LogP contribution in [0.4, 0.5) is 0 Å². The molecule has 0 bridgehead atoms. The van der Waals surface area contributed by atoms with Crippen LogP contribution >= 0.6 is 0 Å². The molecule has 0 unspecified atom stereocenters. The molecule has 2 aromatic carbocycles. The molecule has 0 fully saturated rings. The van der Waals surface area contributed by atoms with Crippen molar-refractivity contribution in [2.75, 3.05) is 0 Å². The lowest BCUT2D eigenvalue weighted by molar-refractivity contribution is 1.38. The molecule has 0 aliphatic heterocycles. The Labute approximate surface area is 136 Å². The third-order valence-electron chi connectivity index (χ3n) is 3.73. The number of aryl methyl sites for hydroxylation is 1. The fraction of sp³-hybridized carbons (Fsp3) is 0.200. The molecule has 0 heterocycles. The first-order valence-corrected chi connectivity index (χ1v) is 7.60. The van der Waals surface area contributed by atoms with E-state index in [-0.39, 0.29) is 0 Å². The third-order valence-corrected chi connectivity index (χ3v) is 3.73. The molecule has 0 amide bonds. The number of hydrogen-bond donors (Lipinski definition) is 0. The standard InChI is InChI=1S/C20H20B2/c1-4-6-7-9-19(21)17-13-18-16(10-14(17)3)11-15(8-5-2)12-20(18)22/h4-6,8-13H,7H2,1-3H3/b6-4-,8-5-,19-9?. The fourth-order valence-electron chi connectivity index (χ4n) is 2.62. The Hall–Kier alpha value is -1.95. The zero-order chi connectivity index (χ0) is 16.1. The Bertz CT molecular complexity index is 765. The first-order chi connectivity index (χ1) is 10.6. The highest BCUT2D eigenvalue weighted by molar-refractivity contribution is 6.43. The molecule has 0 saturated heterocycles. The smallest absolute Gasteiger partial charge is 0.0929 e. The summed E-state index contributed by atoms with van der Waals surface area (Å²) < 4.78 is 0. The van der Waals surface area contributed by atoms with Crippen LogP contribution in [0.5, 0.6) is 0 Å². The minimum Gasteiger partial charge on any atom is -0.0929 e. The third kappa shape index (κ3) is 3.62. The summed E-state index contributed by atoms with van der Waals surface area (Å²) in [5.74, 6) is 0. The van der Waals surface area contributed by atoms with Crippen LogP contribution in [0.3, 0.4) is 0 Å². The van der Waals surface area contributed by atoms with Gasteiger partial charge in [-0.05, 0) is 66.8 Å². The quantitative estimate of drug-likeness (QED) is 0.574. The van der Waals surface area contributed by atoms with Crippen molar-refractivity contribution in [2.45, 2.75) is 27.2 Å². The Balaban J connectivity index is 2.55. The van der Waals surface area contributed by atoms with Gasteiger partial charge in [0.15, 0.2) is 0 Å². The fourth-order valence-corrected chi connectivity index (χ4v) is 2.62. The van der Waals surface area contributed by atoms with Gasteiger partial charge in [-0.25, -0.2) is 0 Å². The summed E-state index contributed by atoms with van der Waals surface area (Å²) in [6.07, 6.45) is 11.1. The predicted molar refractivity (Wildman–Crippen MR) is 102 cm³/mol. The molecule has 106 valence electrons. The Morgan fingerprint density at radius 3 is 2.55 bits per heavy atom. The molecule has 2 rings (SSSR count). The lowest BCUT2D eigenvalue weighted by atomic mass is 9.81. The Kier molecular flexibility index (Phi) is 5.49. The van der Waals surface area contributed by atoms with Crippen LogP contribution in [0.2, 0.25) is 0 Å². The average molecular weight is 282 g/mol. The maximum atomic E-state index is 6.23. The molecule has 0 saturated carbocycles. The van der Waals surface area contributed by atoms with E-state index in [0.29, 0.717) is 0 Å². The highest BCUT2D eigenvalue weighted by Gasteiger charge is 2.06. The molecular formula is C20H20B2. The summed E-state index contributed by atoms with van der Waals surface area (Å²) in [7, 11) is 12.5. The first-order valence-electron chi connectivity index (χ1n) is 7.60. The minimum atomic E-state index is 0.785. The van der Waals surface area contributed by atoms with Crippen LogP contribution in [-0.2, 0) is 0 Å². The average Bonchev–Trinajstić information content (AvgIpc) is 2.47. The zero-order valence-electron chi connectivity index (χ0n) is 13.6. The van der Waals surface area contributed by atoms with Crippen molar-refractivity contribution in [2.24, 2.45) is 0 Å². The molecule has 0 N–H and O–H groups in total. The van der Waals surface area contributed by atoms with Gasteiger partial charge in [-0.2, -0.15) is 0 Å². The SMILES string of the molecule is [B]C(=CC/C=C\C)c1cc2c([B])cc(/C=C\C)cc2cc1C. The molecule has 22 heavy (non-hydrogen) atoms. The lowest BCUT2D eigenvalue weighted by Gasteiger charge is -2.12. The van der Waals surface area contributed by atoms with E-state index in [1.165, 1.54) is 5.56 Å². The molecule has 0 spiro atoms. The van der Waals surface area contributed by atoms with Gasteiger partial charge in [0.1, 0.15) is 15.7 Å². The van der Waals surface area contributed by atoms with Crippen molar-refractivity contribution in [3.63, 3.8) is 0 Å². The normalized spacial score (nSPS) is 12.8. The molecule has 0 aliphatic carbocycles. The van der Waals surface area contributed by atoms with Crippen LogP contribution in [0.1, 0.15) is 37.0 Å². The van der Waals surface area contributed by atoms with Crippen LogP contribution in [0.25, 0.3) is 22.3 Å². The van der Waals surface area contributed by atoms with Gasteiger partial charge in [0.25, 0.3) is 0 Å². The van der Waals surface area contributed by atoms with Gasteiger partial charge >= 0.3 is 0 Å².